The normalized spacial score (nSPS) is 11.5. The smallest absolute Gasteiger partial charge is 0.143 e. The summed E-state index contributed by atoms with van der Waals surface area (Å²) in [5, 5.41) is 6.99. The lowest BCUT2D eigenvalue weighted by Crippen LogP contribution is -2.09. The van der Waals surface area contributed by atoms with E-state index in [0.717, 1.165) is 61.1 Å². The molecule has 0 amide bonds. The summed E-state index contributed by atoms with van der Waals surface area (Å²) in [6, 6.07) is 71.5. The van der Waals surface area contributed by atoms with Gasteiger partial charge in [-0.1, -0.05) is 152 Å². The zero-order valence-electron chi connectivity index (χ0n) is 28.4. The van der Waals surface area contributed by atoms with Crippen molar-refractivity contribution in [1.82, 2.24) is 0 Å². The Bertz CT molecular complexity index is 2870. The first-order valence-corrected chi connectivity index (χ1v) is 17.8. The summed E-state index contributed by atoms with van der Waals surface area (Å²) >= 11 is 0. The third kappa shape index (κ3) is 5.12. The van der Waals surface area contributed by atoms with Crippen molar-refractivity contribution in [2.24, 2.45) is 0 Å². The summed E-state index contributed by atoms with van der Waals surface area (Å²) in [5.41, 5.74) is 12.2. The third-order valence-corrected chi connectivity index (χ3v) is 10.2. The maximum atomic E-state index is 6.83. The van der Waals surface area contributed by atoms with Crippen molar-refractivity contribution in [2.75, 3.05) is 4.90 Å². The summed E-state index contributed by atoms with van der Waals surface area (Å²) < 4.78 is 6.83. The maximum absolute atomic E-state index is 6.83. The second-order valence-corrected chi connectivity index (χ2v) is 13.3. The number of furan rings is 1. The lowest BCUT2D eigenvalue weighted by atomic mass is 9.94. The van der Waals surface area contributed by atoms with Crippen LogP contribution in [0.3, 0.4) is 0 Å². The molecule has 10 rings (SSSR count). The van der Waals surface area contributed by atoms with Crippen molar-refractivity contribution >= 4 is 60.5 Å². The molecule has 0 aliphatic heterocycles. The van der Waals surface area contributed by atoms with Gasteiger partial charge >= 0.3 is 0 Å². The molecule has 9 aromatic carbocycles. The maximum Gasteiger partial charge on any atom is 0.143 e. The highest BCUT2D eigenvalue weighted by Crippen LogP contribution is 2.43. The Morgan fingerprint density at radius 1 is 0.288 bits per heavy atom. The minimum atomic E-state index is 0.919. The minimum absolute atomic E-state index is 0.919. The molecular weight excluding hydrogens is 631 g/mol. The molecule has 10 aromatic rings. The van der Waals surface area contributed by atoms with Gasteiger partial charge in [-0.2, -0.15) is 0 Å². The first kappa shape index (κ1) is 30.0. The summed E-state index contributed by atoms with van der Waals surface area (Å²) in [6.07, 6.45) is 0. The number of nitrogens with zero attached hydrogens (tertiary/aromatic N) is 1. The molecule has 0 atom stereocenters. The summed E-state index contributed by atoms with van der Waals surface area (Å²) in [7, 11) is 0. The highest BCUT2D eigenvalue weighted by atomic mass is 16.3. The predicted octanol–water partition coefficient (Wildman–Crippen LogP) is 14.4. The van der Waals surface area contributed by atoms with Crippen molar-refractivity contribution < 1.29 is 4.42 Å². The monoisotopic (exact) mass is 663 g/mol. The number of fused-ring (bicyclic) bond motifs is 6. The standard InChI is InChI=1S/C50H33NO/c1-3-12-34(13-4-1)36-24-28-41(29-25-36)51(40-16-5-2-6-17-40)42-30-26-37(27-31-42)47-33-48-46-21-11-20-43(39-23-22-35-14-7-8-15-38(35)32-39)49(46)52-50(48)45-19-10-9-18-44(45)47/h1-33H. The summed E-state index contributed by atoms with van der Waals surface area (Å²) in [6.45, 7) is 0. The Labute approximate surface area is 302 Å². The van der Waals surface area contributed by atoms with Crippen LogP contribution in [0.5, 0.6) is 0 Å². The quantitative estimate of drug-likeness (QED) is 0.176. The van der Waals surface area contributed by atoms with E-state index in [-0.39, 0.29) is 0 Å². The van der Waals surface area contributed by atoms with Crippen LogP contribution in [-0.4, -0.2) is 0 Å². The largest absolute Gasteiger partial charge is 0.455 e. The van der Waals surface area contributed by atoms with Crippen molar-refractivity contribution in [2.45, 2.75) is 0 Å². The number of benzene rings is 9. The van der Waals surface area contributed by atoms with E-state index >= 15 is 0 Å². The molecule has 0 aliphatic rings. The van der Waals surface area contributed by atoms with Gasteiger partial charge in [0.1, 0.15) is 11.2 Å². The van der Waals surface area contributed by atoms with Crippen LogP contribution in [0.4, 0.5) is 17.1 Å². The van der Waals surface area contributed by atoms with E-state index in [1.807, 2.05) is 0 Å². The second kappa shape index (κ2) is 12.5. The van der Waals surface area contributed by atoms with E-state index in [4.69, 9.17) is 4.42 Å². The molecule has 0 fully saturated rings. The number of para-hydroxylation sites is 2. The van der Waals surface area contributed by atoms with Gasteiger partial charge in [0.2, 0.25) is 0 Å². The van der Waals surface area contributed by atoms with Gasteiger partial charge in [0.25, 0.3) is 0 Å². The van der Waals surface area contributed by atoms with Crippen LogP contribution >= 0.6 is 0 Å². The van der Waals surface area contributed by atoms with Crippen molar-refractivity contribution in [1.29, 1.82) is 0 Å². The lowest BCUT2D eigenvalue weighted by molar-refractivity contribution is 0.674. The fraction of sp³-hybridized carbons (Fsp3) is 0. The SMILES string of the molecule is c1ccc(-c2ccc(N(c3ccccc3)c3ccc(-c4cc5c6cccc(-c7ccc8ccccc8c7)c6oc5c5ccccc45)cc3)cc2)cc1. The lowest BCUT2D eigenvalue weighted by Gasteiger charge is -2.26. The second-order valence-electron chi connectivity index (χ2n) is 13.3. The Hall–Kier alpha value is -6.90. The molecular formula is C50H33NO. The van der Waals surface area contributed by atoms with Gasteiger partial charge in [-0.25, -0.2) is 0 Å². The highest BCUT2D eigenvalue weighted by Gasteiger charge is 2.18. The number of rotatable bonds is 6. The average molecular weight is 664 g/mol. The number of hydrogen-bond donors (Lipinski definition) is 0. The predicted molar refractivity (Wildman–Crippen MR) is 220 cm³/mol. The van der Waals surface area contributed by atoms with Crippen LogP contribution in [0, 0.1) is 0 Å². The molecule has 2 heteroatoms. The number of hydrogen-bond acceptors (Lipinski definition) is 2. The van der Waals surface area contributed by atoms with Gasteiger partial charge < -0.3 is 9.32 Å². The molecule has 244 valence electrons. The van der Waals surface area contributed by atoms with Crippen molar-refractivity contribution in [3.8, 4) is 33.4 Å². The van der Waals surface area contributed by atoms with E-state index in [2.05, 4.69) is 205 Å². The van der Waals surface area contributed by atoms with Crippen LogP contribution in [0.2, 0.25) is 0 Å². The minimum Gasteiger partial charge on any atom is -0.455 e. The molecule has 0 N–H and O–H groups in total. The van der Waals surface area contributed by atoms with Crippen LogP contribution < -0.4 is 4.90 Å². The van der Waals surface area contributed by atoms with Gasteiger partial charge in [-0.3, -0.25) is 0 Å². The van der Waals surface area contributed by atoms with E-state index in [0.29, 0.717) is 0 Å². The van der Waals surface area contributed by atoms with Crippen LogP contribution in [0.15, 0.2) is 205 Å². The first-order chi connectivity index (χ1) is 25.8. The Kier molecular flexibility index (Phi) is 7.18. The number of anilines is 3. The molecule has 0 radical (unpaired) electrons. The van der Waals surface area contributed by atoms with Crippen molar-refractivity contribution in [3.05, 3.63) is 200 Å². The van der Waals surface area contributed by atoms with E-state index in [1.165, 1.54) is 32.8 Å². The van der Waals surface area contributed by atoms with Gasteiger partial charge in [0.15, 0.2) is 0 Å². The molecule has 0 saturated carbocycles. The van der Waals surface area contributed by atoms with E-state index < -0.39 is 0 Å². The average Bonchev–Trinajstić information content (AvgIpc) is 3.61. The van der Waals surface area contributed by atoms with Crippen LogP contribution in [-0.2, 0) is 0 Å². The molecule has 2 nitrogen and oxygen atoms in total. The molecule has 0 aliphatic carbocycles. The zero-order chi connectivity index (χ0) is 34.4. The molecule has 1 heterocycles. The fourth-order valence-electron chi connectivity index (χ4n) is 7.69. The summed E-state index contributed by atoms with van der Waals surface area (Å²) in [4.78, 5) is 2.32. The molecule has 0 saturated heterocycles. The molecule has 0 spiro atoms. The third-order valence-electron chi connectivity index (χ3n) is 10.2. The topological polar surface area (TPSA) is 16.4 Å². The molecule has 52 heavy (non-hydrogen) atoms. The zero-order valence-corrected chi connectivity index (χ0v) is 28.4. The van der Waals surface area contributed by atoms with E-state index in [9.17, 15) is 0 Å². The van der Waals surface area contributed by atoms with E-state index in [1.54, 1.807) is 0 Å². The van der Waals surface area contributed by atoms with Gasteiger partial charge in [-0.15, -0.1) is 0 Å². The molecule has 0 bridgehead atoms. The van der Waals surface area contributed by atoms with Gasteiger partial charge in [0, 0.05) is 38.8 Å². The van der Waals surface area contributed by atoms with Crippen molar-refractivity contribution in [3.63, 3.8) is 0 Å². The summed E-state index contributed by atoms with van der Waals surface area (Å²) in [5.74, 6) is 0. The molecule has 0 unspecified atom stereocenters. The first-order valence-electron chi connectivity index (χ1n) is 17.8. The fourth-order valence-corrected chi connectivity index (χ4v) is 7.69. The Balaban J connectivity index is 1.08. The van der Waals surface area contributed by atoms with Gasteiger partial charge in [0.05, 0.1) is 0 Å². The Morgan fingerprint density at radius 2 is 0.827 bits per heavy atom. The van der Waals surface area contributed by atoms with Gasteiger partial charge in [-0.05, 0) is 92.5 Å². The van der Waals surface area contributed by atoms with Crippen LogP contribution in [0.1, 0.15) is 0 Å². The highest BCUT2D eigenvalue weighted by molar-refractivity contribution is 6.20. The Morgan fingerprint density at radius 3 is 1.58 bits per heavy atom. The molecule has 1 aromatic heterocycles. The van der Waals surface area contributed by atoms with Crippen LogP contribution in [0.25, 0.3) is 76.9 Å².